The molecule has 150 valence electrons. The molecule has 0 aliphatic rings. The number of nitrogens with zero attached hydrogens (tertiary/aromatic N) is 2. The summed E-state index contributed by atoms with van der Waals surface area (Å²) in [6.45, 7) is 10.8. The van der Waals surface area contributed by atoms with Gasteiger partial charge in [-0.1, -0.05) is 12.7 Å². The second-order valence-corrected chi connectivity index (χ2v) is 5.18. The second-order valence-electron chi connectivity index (χ2n) is 5.18. The van der Waals surface area contributed by atoms with E-state index in [0.717, 1.165) is 13.1 Å². The van der Waals surface area contributed by atoms with E-state index in [1.54, 1.807) is 7.11 Å². The van der Waals surface area contributed by atoms with Crippen LogP contribution in [0.4, 0.5) is 0 Å². The predicted molar refractivity (Wildman–Crippen MR) is 94.5 cm³/mol. The number of methoxy groups -OCH3 is 1. The highest BCUT2D eigenvalue weighted by Gasteiger charge is 1.97. The van der Waals surface area contributed by atoms with Crippen LogP contribution < -0.4 is 9.67 Å². The first kappa shape index (κ1) is 24.3. The number of carboxylic acid groups (broad SMARTS) is 1. The Kier molecular flexibility index (Phi) is 16.9. The van der Waals surface area contributed by atoms with E-state index in [-0.39, 0.29) is 13.0 Å². The zero-order valence-corrected chi connectivity index (χ0v) is 15.9. The maximum atomic E-state index is 10.0. The molecule has 0 saturated heterocycles. The van der Waals surface area contributed by atoms with Crippen LogP contribution >= 0.6 is 0 Å². The highest BCUT2D eigenvalue weighted by molar-refractivity contribution is 5.64. The van der Waals surface area contributed by atoms with Crippen molar-refractivity contribution in [1.82, 2.24) is 4.57 Å². The lowest BCUT2D eigenvalue weighted by Crippen LogP contribution is -2.29. The zero-order chi connectivity index (χ0) is 19.5. The van der Waals surface area contributed by atoms with Crippen molar-refractivity contribution in [3.05, 3.63) is 31.4 Å². The van der Waals surface area contributed by atoms with Crippen molar-refractivity contribution < 1.29 is 33.4 Å². The van der Waals surface area contributed by atoms with Crippen LogP contribution in [0.3, 0.4) is 0 Å². The van der Waals surface area contributed by atoms with Gasteiger partial charge in [0.05, 0.1) is 52.8 Å². The maximum Gasteiger partial charge on any atom is 0.244 e. The number of hydrogen-bond acceptors (Lipinski definition) is 6. The van der Waals surface area contributed by atoms with E-state index in [4.69, 9.17) is 18.9 Å². The fraction of sp³-hybridized carbons (Fsp3) is 0.667. The van der Waals surface area contributed by atoms with Crippen molar-refractivity contribution in [3.63, 3.8) is 0 Å². The number of carboxylic acids is 1. The summed E-state index contributed by atoms with van der Waals surface area (Å²) in [5.41, 5.74) is 0. The van der Waals surface area contributed by atoms with Gasteiger partial charge in [0.1, 0.15) is 18.9 Å². The molecule has 26 heavy (non-hydrogen) atoms. The van der Waals surface area contributed by atoms with Crippen molar-refractivity contribution in [2.45, 2.75) is 26.4 Å². The van der Waals surface area contributed by atoms with Gasteiger partial charge in [-0.15, -0.1) is 0 Å². The van der Waals surface area contributed by atoms with E-state index < -0.39 is 5.97 Å². The van der Waals surface area contributed by atoms with Gasteiger partial charge in [0, 0.05) is 19.5 Å². The largest absolute Gasteiger partial charge is 0.550 e. The molecule has 0 unspecified atom stereocenters. The van der Waals surface area contributed by atoms with Gasteiger partial charge in [-0.25, -0.2) is 9.13 Å². The molecule has 1 rings (SSSR count). The Morgan fingerprint density at radius 1 is 1.12 bits per heavy atom. The molecule has 0 bridgehead atoms. The number of aryl methyl sites for hydroxylation is 1. The minimum absolute atomic E-state index is 0.0832. The Bertz CT molecular complexity index is 464. The molecule has 0 fully saturated rings. The van der Waals surface area contributed by atoms with Gasteiger partial charge >= 0.3 is 0 Å². The van der Waals surface area contributed by atoms with E-state index in [0.29, 0.717) is 39.6 Å². The summed E-state index contributed by atoms with van der Waals surface area (Å²) in [5.74, 6) is -1.10. The average Bonchev–Trinajstić information content (AvgIpc) is 3.08. The Hall–Kier alpha value is -1.74. The van der Waals surface area contributed by atoms with Crippen LogP contribution in [0.15, 0.2) is 31.4 Å². The number of aliphatic carboxylic acids is 1. The molecule has 0 aliphatic heterocycles. The molecular weight excluding hydrogens is 340 g/mol. The summed E-state index contributed by atoms with van der Waals surface area (Å²) >= 11 is 0. The number of carbonyl (C=O) groups is 1. The Labute approximate surface area is 155 Å². The number of rotatable bonds is 15. The first-order valence-electron chi connectivity index (χ1n) is 8.71. The van der Waals surface area contributed by atoms with E-state index >= 15 is 0 Å². The summed E-state index contributed by atoms with van der Waals surface area (Å²) in [6, 6.07) is 0. The van der Waals surface area contributed by atoms with Gasteiger partial charge < -0.3 is 28.8 Å². The molecule has 0 N–H and O–H groups in total. The molecule has 1 aromatic heterocycles. The molecule has 8 nitrogen and oxygen atoms in total. The molecule has 0 radical (unpaired) electrons. The third kappa shape index (κ3) is 15.8. The monoisotopic (exact) mass is 372 g/mol. The molecule has 0 aromatic carbocycles. The number of imidazole rings is 1. The predicted octanol–water partition coefficient (Wildman–Crippen LogP) is -0.196. The van der Waals surface area contributed by atoms with Gasteiger partial charge in [-0.2, -0.15) is 0 Å². The Morgan fingerprint density at radius 3 is 2.15 bits per heavy atom. The molecule has 8 heteroatoms. The van der Waals surface area contributed by atoms with Crippen LogP contribution in [0.25, 0.3) is 0 Å². The van der Waals surface area contributed by atoms with Crippen molar-refractivity contribution >= 4 is 5.97 Å². The number of hydrogen-bond donors (Lipinski definition) is 0. The smallest absolute Gasteiger partial charge is 0.244 e. The standard InChI is InChI=1S/C10H20O6.C8H13N2/c1-13-4-5-15-8-9-16-7-6-14-3-2-10(11)12;1-3-5-10-7-6-9(4-2)8-10/h2-9H2,1H3,(H,11,12);3,6-8H,1,4-5H2,2H3/q;+1/p-1. The van der Waals surface area contributed by atoms with Crippen molar-refractivity contribution in [1.29, 1.82) is 0 Å². The second kappa shape index (κ2) is 18.1. The van der Waals surface area contributed by atoms with E-state index in [1.807, 2.05) is 12.3 Å². The Morgan fingerprint density at radius 2 is 1.69 bits per heavy atom. The van der Waals surface area contributed by atoms with Crippen LogP contribution in [-0.4, -0.2) is 63.9 Å². The lowest BCUT2D eigenvalue weighted by atomic mass is 10.5. The minimum atomic E-state index is -1.10. The van der Waals surface area contributed by atoms with Gasteiger partial charge in [0.25, 0.3) is 0 Å². The minimum Gasteiger partial charge on any atom is -0.550 e. The molecule has 1 heterocycles. The fourth-order valence-corrected chi connectivity index (χ4v) is 1.72. The Balaban J connectivity index is 0.000000531. The maximum absolute atomic E-state index is 10.0. The molecular formula is C18H32N2O6. The lowest BCUT2D eigenvalue weighted by molar-refractivity contribution is -0.686. The zero-order valence-electron chi connectivity index (χ0n) is 15.9. The topological polar surface area (TPSA) is 85.9 Å². The molecule has 0 aliphatic carbocycles. The van der Waals surface area contributed by atoms with Gasteiger partial charge in [0.2, 0.25) is 6.33 Å². The first-order chi connectivity index (χ1) is 12.6. The lowest BCUT2D eigenvalue weighted by Gasteiger charge is -2.06. The summed E-state index contributed by atoms with van der Waals surface area (Å²) in [7, 11) is 1.61. The van der Waals surface area contributed by atoms with Gasteiger partial charge in [0.15, 0.2) is 0 Å². The molecule has 0 spiro atoms. The molecule has 0 amide bonds. The van der Waals surface area contributed by atoms with E-state index in [2.05, 4.69) is 35.2 Å². The van der Waals surface area contributed by atoms with Crippen molar-refractivity contribution in [3.8, 4) is 0 Å². The number of aromatic nitrogens is 2. The molecule has 1 aromatic rings. The van der Waals surface area contributed by atoms with Crippen LogP contribution in [0.5, 0.6) is 0 Å². The number of allylic oxidation sites excluding steroid dienone is 1. The molecule has 0 atom stereocenters. The van der Waals surface area contributed by atoms with Crippen LogP contribution in [-0.2, 0) is 36.8 Å². The third-order valence-electron chi connectivity index (χ3n) is 3.08. The first-order valence-corrected chi connectivity index (χ1v) is 8.71. The number of ether oxygens (including phenoxy) is 4. The summed E-state index contributed by atoms with van der Waals surface area (Å²) in [6.07, 6.45) is 7.98. The van der Waals surface area contributed by atoms with E-state index in [1.165, 1.54) is 0 Å². The van der Waals surface area contributed by atoms with Crippen molar-refractivity contribution in [2.24, 2.45) is 0 Å². The van der Waals surface area contributed by atoms with E-state index in [9.17, 15) is 9.90 Å². The van der Waals surface area contributed by atoms with Gasteiger partial charge in [-0.3, -0.25) is 0 Å². The average molecular weight is 372 g/mol. The van der Waals surface area contributed by atoms with Gasteiger partial charge in [-0.05, 0) is 6.92 Å². The SMILES string of the molecule is C=CC[n+]1ccn(CC)c1.COCCOCCOCCOCCC(=O)[O-]. The summed E-state index contributed by atoms with van der Waals surface area (Å²) < 4.78 is 24.3. The summed E-state index contributed by atoms with van der Waals surface area (Å²) in [5, 5.41) is 10.0. The summed E-state index contributed by atoms with van der Waals surface area (Å²) in [4.78, 5) is 10.0. The van der Waals surface area contributed by atoms with Crippen molar-refractivity contribution in [2.75, 3.05) is 53.4 Å². The third-order valence-corrected chi connectivity index (χ3v) is 3.08. The van der Waals surface area contributed by atoms with Crippen LogP contribution in [0.1, 0.15) is 13.3 Å². The highest BCUT2D eigenvalue weighted by atomic mass is 16.6. The van der Waals surface area contributed by atoms with Crippen LogP contribution in [0, 0.1) is 0 Å². The fourth-order valence-electron chi connectivity index (χ4n) is 1.72. The molecule has 0 saturated carbocycles. The van der Waals surface area contributed by atoms with Crippen LogP contribution in [0.2, 0.25) is 0 Å². The highest BCUT2D eigenvalue weighted by Crippen LogP contribution is 1.84. The normalized spacial score (nSPS) is 10.2. The quantitative estimate of drug-likeness (QED) is 0.241. The number of carbonyl (C=O) groups excluding carboxylic acids is 1.